The fourth-order valence-corrected chi connectivity index (χ4v) is 3.44. The third-order valence-electron chi connectivity index (χ3n) is 3.68. The normalized spacial score (nSPS) is 20.2. The Kier molecular flexibility index (Phi) is 2.99. The maximum absolute atomic E-state index is 3.75. The van der Waals surface area contributed by atoms with Crippen LogP contribution in [0.15, 0.2) is 24.3 Å². The molecule has 2 heterocycles. The monoisotopic (exact) mass is 263 g/mol. The molecule has 0 saturated heterocycles. The van der Waals surface area contributed by atoms with Crippen LogP contribution in [0.25, 0.3) is 10.9 Å². The van der Waals surface area contributed by atoms with Crippen molar-refractivity contribution >= 4 is 10.9 Å². The standard InChI is InChI=1S/C15H20N2.ClH/c1-14(2)9-12-13(15(3,4)17-14)10-7-5-6-8-11(10)16-12;/h5-8,16-17H,9H2,1-4H3;1H/p-1. The molecule has 3 heteroatoms. The second kappa shape index (κ2) is 4.01. The summed E-state index contributed by atoms with van der Waals surface area (Å²) in [6.45, 7) is 9.08. The van der Waals surface area contributed by atoms with Gasteiger partial charge in [0.05, 0.1) is 0 Å². The highest BCUT2D eigenvalue weighted by Crippen LogP contribution is 2.38. The Balaban J connectivity index is 0.00000120. The quantitative estimate of drug-likeness (QED) is 0.705. The molecular weight excluding hydrogens is 244 g/mol. The van der Waals surface area contributed by atoms with Crippen LogP contribution in [0.3, 0.4) is 0 Å². The first-order chi connectivity index (χ1) is 7.89. The summed E-state index contributed by atoms with van der Waals surface area (Å²) in [5, 5.41) is 5.10. The van der Waals surface area contributed by atoms with Gasteiger partial charge in [0.15, 0.2) is 0 Å². The summed E-state index contributed by atoms with van der Waals surface area (Å²) in [4.78, 5) is 3.59. The van der Waals surface area contributed by atoms with Crippen molar-refractivity contribution in [3.05, 3.63) is 35.5 Å². The summed E-state index contributed by atoms with van der Waals surface area (Å²) >= 11 is 0. The summed E-state index contributed by atoms with van der Waals surface area (Å²) in [5.41, 5.74) is 4.26. The van der Waals surface area contributed by atoms with Crippen LogP contribution < -0.4 is 17.7 Å². The minimum atomic E-state index is 0. The van der Waals surface area contributed by atoms with E-state index in [4.69, 9.17) is 0 Å². The highest BCUT2D eigenvalue weighted by atomic mass is 35.5. The van der Waals surface area contributed by atoms with Gasteiger partial charge in [0.2, 0.25) is 0 Å². The van der Waals surface area contributed by atoms with Crippen LogP contribution in [-0.2, 0) is 12.0 Å². The Labute approximate surface area is 115 Å². The van der Waals surface area contributed by atoms with E-state index in [0.29, 0.717) is 0 Å². The van der Waals surface area contributed by atoms with E-state index in [1.54, 1.807) is 0 Å². The van der Waals surface area contributed by atoms with Crippen LogP contribution in [-0.4, -0.2) is 10.5 Å². The molecule has 1 aromatic heterocycles. The van der Waals surface area contributed by atoms with Crippen molar-refractivity contribution in [1.29, 1.82) is 0 Å². The average Bonchev–Trinajstić information content (AvgIpc) is 2.51. The van der Waals surface area contributed by atoms with Crippen molar-refractivity contribution in [3.63, 3.8) is 0 Å². The lowest BCUT2D eigenvalue weighted by Gasteiger charge is -2.42. The van der Waals surface area contributed by atoms with Gasteiger partial charge in [-0.25, -0.2) is 0 Å². The van der Waals surface area contributed by atoms with Gasteiger partial charge in [0, 0.05) is 39.7 Å². The van der Waals surface area contributed by atoms with E-state index in [1.165, 1.54) is 22.2 Å². The van der Waals surface area contributed by atoms with E-state index in [1.807, 2.05) is 0 Å². The zero-order valence-electron chi connectivity index (χ0n) is 11.4. The van der Waals surface area contributed by atoms with E-state index in [9.17, 15) is 0 Å². The number of hydrogen-bond acceptors (Lipinski definition) is 1. The molecule has 0 unspecified atom stereocenters. The largest absolute Gasteiger partial charge is 1.00 e. The van der Waals surface area contributed by atoms with Crippen molar-refractivity contribution in [2.75, 3.05) is 0 Å². The number of fused-ring (bicyclic) bond motifs is 3. The van der Waals surface area contributed by atoms with Crippen molar-refractivity contribution in [1.82, 2.24) is 10.3 Å². The molecule has 3 rings (SSSR count). The first kappa shape index (κ1) is 13.4. The Morgan fingerprint density at radius 2 is 1.72 bits per heavy atom. The predicted octanol–water partition coefficient (Wildman–Crippen LogP) is 0.331. The van der Waals surface area contributed by atoms with Gasteiger partial charge in [-0.15, -0.1) is 0 Å². The molecule has 1 aromatic carbocycles. The molecule has 0 bridgehead atoms. The Morgan fingerprint density at radius 3 is 2.44 bits per heavy atom. The minimum Gasteiger partial charge on any atom is -1.00 e. The van der Waals surface area contributed by atoms with Gasteiger partial charge in [-0.3, -0.25) is 0 Å². The first-order valence-electron chi connectivity index (χ1n) is 6.28. The topological polar surface area (TPSA) is 27.8 Å². The summed E-state index contributed by atoms with van der Waals surface area (Å²) < 4.78 is 0. The van der Waals surface area contributed by atoms with Crippen LogP contribution in [0.2, 0.25) is 0 Å². The predicted molar refractivity (Wildman–Crippen MR) is 72.2 cm³/mol. The van der Waals surface area contributed by atoms with Gasteiger partial charge in [-0.05, 0) is 33.8 Å². The van der Waals surface area contributed by atoms with Crippen LogP contribution in [0.4, 0.5) is 0 Å². The number of aromatic amines is 1. The van der Waals surface area contributed by atoms with E-state index < -0.39 is 0 Å². The summed E-state index contributed by atoms with van der Waals surface area (Å²) in [6.07, 6.45) is 1.06. The summed E-state index contributed by atoms with van der Waals surface area (Å²) in [7, 11) is 0. The third-order valence-corrected chi connectivity index (χ3v) is 3.68. The lowest BCUT2D eigenvalue weighted by Crippen LogP contribution is -3.00. The molecule has 0 amide bonds. The number of hydrogen-bond donors (Lipinski definition) is 2. The van der Waals surface area contributed by atoms with Crippen molar-refractivity contribution in [2.45, 2.75) is 45.2 Å². The fourth-order valence-electron chi connectivity index (χ4n) is 3.44. The van der Waals surface area contributed by atoms with Crippen molar-refractivity contribution in [3.8, 4) is 0 Å². The minimum absolute atomic E-state index is 0. The molecule has 0 radical (unpaired) electrons. The van der Waals surface area contributed by atoms with E-state index in [0.717, 1.165) is 6.42 Å². The number of H-pyrrole nitrogens is 1. The molecule has 2 aromatic rings. The van der Waals surface area contributed by atoms with Crippen molar-refractivity contribution in [2.24, 2.45) is 0 Å². The Bertz CT molecular complexity index is 581. The zero-order chi connectivity index (χ0) is 12.3. The van der Waals surface area contributed by atoms with Gasteiger partial charge in [0.25, 0.3) is 0 Å². The van der Waals surface area contributed by atoms with Gasteiger partial charge in [-0.1, -0.05) is 18.2 Å². The van der Waals surface area contributed by atoms with Crippen molar-refractivity contribution < 1.29 is 12.4 Å². The van der Waals surface area contributed by atoms with Gasteiger partial charge < -0.3 is 22.7 Å². The molecule has 2 nitrogen and oxygen atoms in total. The zero-order valence-corrected chi connectivity index (χ0v) is 12.2. The molecule has 0 saturated carbocycles. The molecule has 0 atom stereocenters. The first-order valence-corrected chi connectivity index (χ1v) is 6.28. The van der Waals surface area contributed by atoms with Crippen LogP contribution in [0.5, 0.6) is 0 Å². The summed E-state index contributed by atoms with van der Waals surface area (Å²) in [6, 6.07) is 8.59. The lowest BCUT2D eigenvalue weighted by atomic mass is 9.80. The second-order valence-corrected chi connectivity index (χ2v) is 6.33. The molecule has 1 aliphatic heterocycles. The highest BCUT2D eigenvalue weighted by Gasteiger charge is 2.38. The van der Waals surface area contributed by atoms with Crippen LogP contribution in [0, 0.1) is 0 Å². The Hall–Kier alpha value is -0.990. The van der Waals surface area contributed by atoms with Crippen LogP contribution in [0.1, 0.15) is 39.0 Å². The van der Waals surface area contributed by atoms with E-state index in [2.05, 4.69) is 62.3 Å². The number of rotatable bonds is 0. The Morgan fingerprint density at radius 1 is 1.06 bits per heavy atom. The number of halogens is 1. The second-order valence-electron chi connectivity index (χ2n) is 6.33. The molecule has 0 fully saturated rings. The molecule has 0 aliphatic carbocycles. The smallest absolute Gasteiger partial charge is 0.0459 e. The number of aromatic nitrogens is 1. The molecule has 98 valence electrons. The molecule has 18 heavy (non-hydrogen) atoms. The third kappa shape index (κ3) is 1.94. The SMILES string of the molecule is CC1(C)Cc2[nH]c3ccccc3c2C(C)(C)N1.[Cl-]. The molecular formula is C15H20ClN2-. The number of benzene rings is 1. The molecule has 2 N–H and O–H groups in total. The lowest BCUT2D eigenvalue weighted by molar-refractivity contribution is -0.00000550. The molecule has 0 spiro atoms. The summed E-state index contributed by atoms with van der Waals surface area (Å²) in [5.74, 6) is 0. The number of nitrogens with one attached hydrogen (secondary N) is 2. The van der Waals surface area contributed by atoms with Gasteiger partial charge in [0.1, 0.15) is 0 Å². The van der Waals surface area contributed by atoms with E-state index >= 15 is 0 Å². The maximum Gasteiger partial charge on any atom is 0.0459 e. The highest BCUT2D eigenvalue weighted by molar-refractivity contribution is 5.86. The fraction of sp³-hybridized carbons (Fsp3) is 0.467. The van der Waals surface area contributed by atoms with Gasteiger partial charge >= 0.3 is 0 Å². The maximum atomic E-state index is 3.75. The average molecular weight is 264 g/mol. The van der Waals surface area contributed by atoms with Crippen LogP contribution >= 0.6 is 0 Å². The van der Waals surface area contributed by atoms with Gasteiger partial charge in [-0.2, -0.15) is 0 Å². The van der Waals surface area contributed by atoms with E-state index in [-0.39, 0.29) is 23.5 Å². The molecule has 1 aliphatic rings. The number of para-hydroxylation sites is 1.